The fraction of sp³-hybridized carbons (Fsp3) is 0.500. The van der Waals surface area contributed by atoms with Crippen LogP contribution in [0.5, 0.6) is 0 Å². The molecule has 0 atom stereocenters. The molecule has 0 aromatic heterocycles. The Morgan fingerprint density at radius 3 is 2.61 bits per heavy atom. The van der Waals surface area contributed by atoms with Gasteiger partial charge >= 0.3 is 0 Å². The van der Waals surface area contributed by atoms with Crippen LogP contribution in [0.4, 0.5) is 11.4 Å². The Kier molecular flexibility index (Phi) is 3.75. The Balaban J connectivity index is 2.26. The van der Waals surface area contributed by atoms with Gasteiger partial charge in [0.15, 0.2) is 0 Å². The van der Waals surface area contributed by atoms with Gasteiger partial charge < -0.3 is 16.4 Å². The lowest BCUT2D eigenvalue weighted by Gasteiger charge is -2.30. The number of amides is 1. The molecule has 0 spiro atoms. The van der Waals surface area contributed by atoms with E-state index in [-0.39, 0.29) is 12.5 Å². The van der Waals surface area contributed by atoms with Crippen LogP contribution in [0.3, 0.4) is 0 Å². The zero-order chi connectivity index (χ0) is 13.1. The van der Waals surface area contributed by atoms with E-state index < -0.39 is 0 Å². The predicted octanol–water partition coefficient (Wildman–Crippen LogP) is 1.81. The second kappa shape index (κ2) is 5.29. The maximum Gasteiger partial charge on any atom is 0.236 e. The lowest BCUT2D eigenvalue weighted by molar-refractivity contribution is -0.116. The van der Waals surface area contributed by atoms with Crippen LogP contribution in [0, 0.1) is 6.92 Å². The van der Waals surface area contributed by atoms with Crippen molar-refractivity contribution in [1.29, 1.82) is 0 Å². The average molecular weight is 247 g/mol. The zero-order valence-corrected chi connectivity index (χ0v) is 10.9. The highest BCUT2D eigenvalue weighted by Crippen LogP contribution is 2.29. The van der Waals surface area contributed by atoms with Gasteiger partial charge in [-0.1, -0.05) is 18.9 Å². The Hall–Kier alpha value is -1.71. The van der Waals surface area contributed by atoms with Crippen LogP contribution >= 0.6 is 0 Å². The third kappa shape index (κ3) is 2.75. The summed E-state index contributed by atoms with van der Waals surface area (Å²) in [7, 11) is 0. The summed E-state index contributed by atoms with van der Waals surface area (Å²) < 4.78 is 0. The van der Waals surface area contributed by atoms with Gasteiger partial charge in [-0.05, 0) is 37.5 Å². The van der Waals surface area contributed by atoms with Gasteiger partial charge in [0.05, 0.1) is 6.54 Å². The number of nitrogen functional groups attached to an aromatic ring is 1. The molecule has 0 unspecified atom stereocenters. The van der Waals surface area contributed by atoms with Crippen molar-refractivity contribution in [2.24, 2.45) is 5.73 Å². The van der Waals surface area contributed by atoms with Crippen molar-refractivity contribution in [2.45, 2.75) is 38.6 Å². The van der Waals surface area contributed by atoms with E-state index in [0.29, 0.717) is 6.04 Å². The van der Waals surface area contributed by atoms with Gasteiger partial charge in [0.1, 0.15) is 0 Å². The molecule has 4 N–H and O–H groups in total. The normalized spacial score (nSPS) is 15.8. The number of nitrogens with two attached hydrogens (primary N) is 2. The maximum absolute atomic E-state index is 11.2. The van der Waals surface area contributed by atoms with Gasteiger partial charge in [-0.2, -0.15) is 0 Å². The lowest BCUT2D eigenvalue weighted by atomic mass is 10.1. The summed E-state index contributed by atoms with van der Waals surface area (Å²) in [6.07, 6.45) is 4.70. The van der Waals surface area contributed by atoms with Crippen molar-refractivity contribution < 1.29 is 4.79 Å². The summed E-state index contributed by atoms with van der Waals surface area (Å²) in [5.41, 5.74) is 14.1. The fourth-order valence-electron chi connectivity index (χ4n) is 2.62. The fourth-order valence-corrected chi connectivity index (χ4v) is 2.62. The summed E-state index contributed by atoms with van der Waals surface area (Å²) in [6, 6.07) is 6.37. The molecule has 4 nitrogen and oxygen atoms in total. The molecule has 1 amide bonds. The summed E-state index contributed by atoms with van der Waals surface area (Å²) >= 11 is 0. The van der Waals surface area contributed by atoms with Crippen molar-refractivity contribution in [1.82, 2.24) is 0 Å². The minimum absolute atomic E-state index is 0.271. The number of carbonyl (C=O) groups excluding carboxylic acids is 1. The van der Waals surface area contributed by atoms with E-state index in [1.165, 1.54) is 12.8 Å². The number of hydrogen-bond donors (Lipinski definition) is 2. The second-order valence-electron chi connectivity index (χ2n) is 5.07. The summed E-state index contributed by atoms with van der Waals surface area (Å²) in [4.78, 5) is 13.3. The molecular formula is C14H21N3O. The van der Waals surface area contributed by atoms with Crippen molar-refractivity contribution in [3.63, 3.8) is 0 Å². The largest absolute Gasteiger partial charge is 0.398 e. The third-order valence-electron chi connectivity index (χ3n) is 3.69. The number of rotatable bonds is 4. The van der Waals surface area contributed by atoms with Crippen molar-refractivity contribution in [3.8, 4) is 0 Å². The first kappa shape index (κ1) is 12.7. The Labute approximate surface area is 108 Å². The van der Waals surface area contributed by atoms with E-state index >= 15 is 0 Å². The first-order valence-corrected chi connectivity index (χ1v) is 6.49. The zero-order valence-electron chi connectivity index (χ0n) is 10.9. The highest BCUT2D eigenvalue weighted by Gasteiger charge is 2.24. The summed E-state index contributed by atoms with van der Waals surface area (Å²) in [6.45, 7) is 2.25. The number of aryl methyl sites for hydroxylation is 1. The minimum Gasteiger partial charge on any atom is -0.398 e. The van der Waals surface area contributed by atoms with Gasteiger partial charge in [-0.15, -0.1) is 0 Å². The topological polar surface area (TPSA) is 72.3 Å². The molecule has 0 saturated heterocycles. The standard InChI is InChI=1S/C14H21N3O/c1-10-6-7-12(8-13(10)15)17(9-14(16)18)11-4-2-3-5-11/h6-8,11H,2-5,9,15H2,1H3,(H2,16,18). The quantitative estimate of drug-likeness (QED) is 0.797. The minimum atomic E-state index is -0.291. The van der Waals surface area contributed by atoms with E-state index in [9.17, 15) is 4.79 Å². The van der Waals surface area contributed by atoms with E-state index in [4.69, 9.17) is 11.5 Å². The monoisotopic (exact) mass is 247 g/mol. The number of primary amides is 1. The van der Waals surface area contributed by atoms with Gasteiger partial charge in [0.25, 0.3) is 0 Å². The molecule has 1 saturated carbocycles. The number of nitrogens with zero attached hydrogens (tertiary/aromatic N) is 1. The molecular weight excluding hydrogens is 226 g/mol. The number of benzene rings is 1. The van der Waals surface area contributed by atoms with Gasteiger partial charge in [0, 0.05) is 17.4 Å². The van der Waals surface area contributed by atoms with Crippen LogP contribution in [0.15, 0.2) is 18.2 Å². The second-order valence-corrected chi connectivity index (χ2v) is 5.07. The van der Waals surface area contributed by atoms with E-state index in [1.807, 2.05) is 25.1 Å². The van der Waals surface area contributed by atoms with Crippen LogP contribution < -0.4 is 16.4 Å². The average Bonchev–Trinajstić information content (AvgIpc) is 2.83. The van der Waals surface area contributed by atoms with E-state index in [2.05, 4.69) is 4.90 Å². The summed E-state index contributed by atoms with van der Waals surface area (Å²) in [5.74, 6) is -0.291. The van der Waals surface area contributed by atoms with E-state index in [0.717, 1.165) is 29.8 Å². The first-order chi connectivity index (χ1) is 8.58. The van der Waals surface area contributed by atoms with Crippen LogP contribution in [0.1, 0.15) is 31.2 Å². The number of carbonyl (C=O) groups is 1. The van der Waals surface area contributed by atoms with E-state index in [1.54, 1.807) is 0 Å². The maximum atomic E-state index is 11.2. The van der Waals surface area contributed by atoms with Crippen molar-refractivity contribution in [3.05, 3.63) is 23.8 Å². The van der Waals surface area contributed by atoms with Crippen molar-refractivity contribution >= 4 is 17.3 Å². The first-order valence-electron chi connectivity index (χ1n) is 6.49. The van der Waals surface area contributed by atoms with Crippen LogP contribution in [0.2, 0.25) is 0 Å². The molecule has 0 heterocycles. The van der Waals surface area contributed by atoms with Crippen LogP contribution in [0.25, 0.3) is 0 Å². The van der Waals surface area contributed by atoms with Crippen molar-refractivity contribution in [2.75, 3.05) is 17.2 Å². The predicted molar refractivity (Wildman–Crippen MR) is 74.4 cm³/mol. The van der Waals surface area contributed by atoms with Gasteiger partial charge in [-0.25, -0.2) is 0 Å². The highest BCUT2D eigenvalue weighted by atomic mass is 16.1. The molecule has 1 aromatic carbocycles. The molecule has 18 heavy (non-hydrogen) atoms. The van der Waals surface area contributed by atoms with Gasteiger partial charge in [0.2, 0.25) is 5.91 Å². The van der Waals surface area contributed by atoms with Gasteiger partial charge in [-0.3, -0.25) is 4.79 Å². The Morgan fingerprint density at radius 2 is 2.06 bits per heavy atom. The smallest absolute Gasteiger partial charge is 0.236 e. The molecule has 1 aliphatic rings. The molecule has 2 rings (SSSR count). The summed E-state index contributed by atoms with van der Waals surface area (Å²) in [5, 5.41) is 0. The molecule has 0 radical (unpaired) electrons. The Morgan fingerprint density at radius 1 is 1.39 bits per heavy atom. The molecule has 1 aromatic rings. The van der Waals surface area contributed by atoms with Crippen LogP contribution in [-0.4, -0.2) is 18.5 Å². The third-order valence-corrected chi connectivity index (χ3v) is 3.69. The number of anilines is 2. The number of hydrogen-bond acceptors (Lipinski definition) is 3. The lowest BCUT2D eigenvalue weighted by Crippen LogP contribution is -2.40. The molecule has 98 valence electrons. The molecule has 0 bridgehead atoms. The molecule has 1 aliphatic carbocycles. The Bertz CT molecular complexity index is 439. The molecule has 0 aliphatic heterocycles. The molecule has 1 fully saturated rings. The highest BCUT2D eigenvalue weighted by molar-refractivity contribution is 5.80. The molecule has 4 heteroatoms. The SMILES string of the molecule is Cc1ccc(N(CC(N)=O)C2CCCC2)cc1N. The van der Waals surface area contributed by atoms with Crippen LogP contribution in [-0.2, 0) is 4.79 Å².